The van der Waals surface area contributed by atoms with Gasteiger partial charge in [-0.25, -0.2) is 0 Å². The molecule has 3 nitrogen and oxygen atoms in total. The molecule has 0 aromatic rings. The van der Waals surface area contributed by atoms with Gasteiger partial charge in [0.1, 0.15) is 0 Å². The van der Waals surface area contributed by atoms with Crippen molar-refractivity contribution in [1.29, 1.82) is 0 Å². The summed E-state index contributed by atoms with van der Waals surface area (Å²) < 4.78 is 5.36. The summed E-state index contributed by atoms with van der Waals surface area (Å²) in [5.41, 5.74) is 6.07. The fourth-order valence-corrected chi connectivity index (χ4v) is 2.55. The summed E-state index contributed by atoms with van der Waals surface area (Å²) in [7, 11) is 1.77. The zero-order chi connectivity index (χ0) is 10.6. The first kappa shape index (κ1) is 12.0. The molecule has 0 aliphatic heterocycles. The van der Waals surface area contributed by atoms with E-state index in [4.69, 9.17) is 10.5 Å². The molecule has 1 atom stereocenters. The van der Waals surface area contributed by atoms with E-state index in [1.54, 1.807) is 7.11 Å². The number of nitrogens with two attached hydrogens (primary N) is 1. The zero-order valence-electron chi connectivity index (χ0n) is 9.75. The molecular weight excluding hydrogens is 176 g/mol. The number of ether oxygens (including phenoxy) is 1. The van der Waals surface area contributed by atoms with Crippen LogP contribution in [0, 0.1) is 5.92 Å². The van der Waals surface area contributed by atoms with Crippen LogP contribution in [0.25, 0.3) is 0 Å². The number of likely N-dealkylation sites (N-methyl/N-ethyl adjacent to an activating group) is 1. The van der Waals surface area contributed by atoms with Crippen molar-refractivity contribution in [3.8, 4) is 0 Å². The molecular formula is C11H24N2O. The smallest absolute Gasteiger partial charge is 0.0661 e. The van der Waals surface area contributed by atoms with Gasteiger partial charge in [-0.15, -0.1) is 0 Å². The van der Waals surface area contributed by atoms with Crippen molar-refractivity contribution in [2.45, 2.75) is 32.2 Å². The zero-order valence-corrected chi connectivity index (χ0v) is 9.75. The third-order valence-corrected chi connectivity index (χ3v) is 3.48. The third-order valence-electron chi connectivity index (χ3n) is 3.48. The first-order chi connectivity index (χ1) is 6.75. The molecule has 0 amide bonds. The molecule has 1 aliphatic carbocycles. The molecule has 0 bridgehead atoms. The molecule has 0 aromatic heterocycles. The van der Waals surface area contributed by atoms with E-state index < -0.39 is 0 Å². The molecule has 14 heavy (non-hydrogen) atoms. The van der Waals surface area contributed by atoms with Crippen LogP contribution in [0.15, 0.2) is 0 Å². The van der Waals surface area contributed by atoms with E-state index in [1.165, 1.54) is 12.8 Å². The second kappa shape index (κ2) is 5.10. The Balaban J connectivity index is 2.74. The first-order valence-electron chi connectivity index (χ1n) is 5.69. The van der Waals surface area contributed by atoms with Gasteiger partial charge in [0.25, 0.3) is 0 Å². The third kappa shape index (κ3) is 2.10. The summed E-state index contributed by atoms with van der Waals surface area (Å²) in [5, 5.41) is 0. The molecule has 1 aliphatic rings. The topological polar surface area (TPSA) is 38.5 Å². The number of methoxy groups -OCH3 is 1. The molecule has 1 rings (SSSR count). The normalized spacial score (nSPS) is 21.2. The van der Waals surface area contributed by atoms with Crippen LogP contribution in [-0.2, 0) is 4.74 Å². The summed E-state index contributed by atoms with van der Waals surface area (Å²) in [5.74, 6) is 0.757. The van der Waals surface area contributed by atoms with Gasteiger partial charge < -0.3 is 10.5 Å². The Morgan fingerprint density at radius 1 is 1.36 bits per heavy atom. The van der Waals surface area contributed by atoms with Crippen molar-refractivity contribution < 1.29 is 4.74 Å². The highest BCUT2D eigenvalue weighted by atomic mass is 16.5. The minimum absolute atomic E-state index is 0.109. The second-order valence-electron chi connectivity index (χ2n) is 4.19. The Morgan fingerprint density at radius 2 is 1.93 bits per heavy atom. The number of hydrogen-bond acceptors (Lipinski definition) is 3. The van der Waals surface area contributed by atoms with E-state index in [1.807, 2.05) is 0 Å². The molecule has 1 saturated carbocycles. The lowest BCUT2D eigenvalue weighted by Crippen LogP contribution is -2.58. The van der Waals surface area contributed by atoms with Gasteiger partial charge in [-0.05, 0) is 31.8 Å². The lowest BCUT2D eigenvalue weighted by atomic mass is 9.91. The van der Waals surface area contributed by atoms with Crippen LogP contribution in [0.5, 0.6) is 0 Å². The van der Waals surface area contributed by atoms with E-state index in [0.717, 1.165) is 25.6 Å². The van der Waals surface area contributed by atoms with Gasteiger partial charge >= 0.3 is 0 Å². The summed E-state index contributed by atoms with van der Waals surface area (Å²) >= 11 is 0. The lowest BCUT2D eigenvalue weighted by molar-refractivity contribution is 0.00517. The van der Waals surface area contributed by atoms with Gasteiger partial charge in [0.2, 0.25) is 0 Å². The fourth-order valence-electron chi connectivity index (χ4n) is 2.55. The summed E-state index contributed by atoms with van der Waals surface area (Å²) in [6, 6.07) is 0. The predicted octanol–water partition coefficient (Wildman–Crippen LogP) is 1.08. The fraction of sp³-hybridized carbons (Fsp3) is 1.00. The number of hydrogen-bond donors (Lipinski definition) is 1. The van der Waals surface area contributed by atoms with E-state index >= 15 is 0 Å². The minimum atomic E-state index is 0.109. The highest BCUT2D eigenvalue weighted by molar-refractivity contribution is 5.03. The molecule has 2 N–H and O–H groups in total. The SMILES string of the molecule is CCN(CC)C(CN)(COC)C1CC1. The van der Waals surface area contributed by atoms with Crippen LogP contribution in [0.2, 0.25) is 0 Å². The van der Waals surface area contributed by atoms with E-state index in [2.05, 4.69) is 18.7 Å². The second-order valence-corrected chi connectivity index (χ2v) is 4.19. The van der Waals surface area contributed by atoms with Crippen molar-refractivity contribution in [2.24, 2.45) is 11.7 Å². The standard InChI is InChI=1S/C11H24N2O/c1-4-13(5-2)11(8-12,9-14-3)10-6-7-10/h10H,4-9,12H2,1-3H3. The van der Waals surface area contributed by atoms with Crippen molar-refractivity contribution in [1.82, 2.24) is 4.90 Å². The Labute approximate surface area is 87.6 Å². The van der Waals surface area contributed by atoms with Gasteiger partial charge in [0.05, 0.1) is 12.1 Å². The average molecular weight is 200 g/mol. The van der Waals surface area contributed by atoms with E-state index in [0.29, 0.717) is 6.54 Å². The van der Waals surface area contributed by atoms with Crippen molar-refractivity contribution in [2.75, 3.05) is 33.4 Å². The average Bonchev–Trinajstić information content (AvgIpc) is 3.01. The highest BCUT2D eigenvalue weighted by Crippen LogP contribution is 2.42. The molecule has 0 saturated heterocycles. The van der Waals surface area contributed by atoms with Gasteiger partial charge in [-0.3, -0.25) is 4.90 Å². The van der Waals surface area contributed by atoms with Crippen LogP contribution >= 0.6 is 0 Å². The maximum atomic E-state index is 5.97. The molecule has 0 radical (unpaired) electrons. The first-order valence-corrected chi connectivity index (χ1v) is 5.69. The van der Waals surface area contributed by atoms with Gasteiger partial charge in [0.15, 0.2) is 0 Å². The molecule has 0 aromatic carbocycles. The number of nitrogens with zero attached hydrogens (tertiary/aromatic N) is 1. The van der Waals surface area contributed by atoms with Gasteiger partial charge in [-0.2, -0.15) is 0 Å². The van der Waals surface area contributed by atoms with Crippen LogP contribution in [0.1, 0.15) is 26.7 Å². The predicted molar refractivity (Wildman–Crippen MR) is 59.3 cm³/mol. The van der Waals surface area contributed by atoms with Gasteiger partial charge in [-0.1, -0.05) is 13.8 Å². The maximum absolute atomic E-state index is 5.97. The highest BCUT2D eigenvalue weighted by Gasteiger charge is 2.47. The van der Waals surface area contributed by atoms with Crippen LogP contribution < -0.4 is 5.73 Å². The van der Waals surface area contributed by atoms with Crippen LogP contribution in [0.3, 0.4) is 0 Å². The van der Waals surface area contributed by atoms with Crippen molar-refractivity contribution in [3.63, 3.8) is 0 Å². The largest absolute Gasteiger partial charge is 0.383 e. The van der Waals surface area contributed by atoms with Crippen LogP contribution in [-0.4, -0.2) is 43.8 Å². The Kier molecular flexibility index (Phi) is 4.35. The van der Waals surface area contributed by atoms with Crippen molar-refractivity contribution in [3.05, 3.63) is 0 Å². The number of rotatable bonds is 7. The molecule has 1 unspecified atom stereocenters. The molecule has 0 heterocycles. The molecule has 84 valence electrons. The summed E-state index contributed by atoms with van der Waals surface area (Å²) in [4.78, 5) is 2.47. The summed E-state index contributed by atoms with van der Waals surface area (Å²) in [6.07, 6.45) is 2.63. The summed E-state index contributed by atoms with van der Waals surface area (Å²) in [6.45, 7) is 8.02. The van der Waals surface area contributed by atoms with Crippen LogP contribution in [0.4, 0.5) is 0 Å². The monoisotopic (exact) mass is 200 g/mol. The molecule has 3 heteroatoms. The molecule has 1 fully saturated rings. The van der Waals surface area contributed by atoms with E-state index in [-0.39, 0.29) is 5.54 Å². The quantitative estimate of drug-likeness (QED) is 0.668. The Morgan fingerprint density at radius 3 is 2.21 bits per heavy atom. The Bertz CT molecular complexity index is 167. The minimum Gasteiger partial charge on any atom is -0.383 e. The van der Waals surface area contributed by atoms with E-state index in [9.17, 15) is 0 Å². The van der Waals surface area contributed by atoms with Crippen molar-refractivity contribution >= 4 is 0 Å². The van der Waals surface area contributed by atoms with Gasteiger partial charge in [0, 0.05) is 13.7 Å². The molecule has 0 spiro atoms. The lowest BCUT2D eigenvalue weighted by Gasteiger charge is -2.42. The maximum Gasteiger partial charge on any atom is 0.0661 e. The Hall–Kier alpha value is -0.120.